The molecule has 5 heteroatoms. The lowest BCUT2D eigenvalue weighted by Crippen LogP contribution is -1.97. The molecule has 0 bridgehead atoms. The lowest BCUT2D eigenvalue weighted by Gasteiger charge is -2.04. The van der Waals surface area contributed by atoms with E-state index in [9.17, 15) is 0 Å². The highest BCUT2D eigenvalue weighted by molar-refractivity contribution is 6.59. The lowest BCUT2D eigenvalue weighted by atomic mass is 11.0. The number of hydrogen-bond donors (Lipinski definition) is 0. The Morgan fingerprint density at radius 2 is 1.62 bits per heavy atom. The monoisotopic (exact) mass is 193 g/mol. The van der Waals surface area contributed by atoms with Crippen LogP contribution in [0.4, 0.5) is 0 Å². The van der Waals surface area contributed by atoms with Crippen LogP contribution in [-0.4, -0.2) is 11.5 Å². The van der Waals surface area contributed by atoms with Crippen LogP contribution in [-0.2, 0) is 0 Å². The third kappa shape index (κ3) is 2.88. The summed E-state index contributed by atoms with van der Waals surface area (Å²) in [5.74, 6) is 0. The Labute approximate surface area is 67.9 Å². The van der Waals surface area contributed by atoms with Crippen LogP contribution in [0.5, 0.6) is 0 Å². The first-order valence-electron chi connectivity index (χ1n) is 1.66. The molecule has 8 heavy (non-hydrogen) atoms. The summed E-state index contributed by atoms with van der Waals surface area (Å²) in [6.45, 7) is 0. The molecule has 0 unspecified atom stereocenters. The molecule has 0 heterocycles. The molecule has 0 fully saturated rings. The minimum absolute atomic E-state index is 0.0378. The molecular weight excluding hydrogens is 192 g/mol. The van der Waals surface area contributed by atoms with E-state index in [4.69, 9.17) is 46.6 Å². The quantitative estimate of drug-likeness (QED) is 0.459. The molecule has 0 saturated heterocycles. The molecule has 0 radical (unpaired) electrons. The van der Waals surface area contributed by atoms with Gasteiger partial charge in [-0.2, -0.15) is 0 Å². The van der Waals surface area contributed by atoms with Crippen molar-refractivity contribution in [2.45, 2.75) is 0 Å². The summed E-state index contributed by atoms with van der Waals surface area (Å²) in [5, 5.41) is 0.120. The van der Waals surface area contributed by atoms with Crippen LogP contribution >= 0.6 is 46.6 Å². The predicted octanol–water partition coefficient (Wildman–Crippen LogP) is 2.92. The molecule has 0 aliphatic rings. The van der Waals surface area contributed by atoms with Gasteiger partial charge < -0.3 is 0 Å². The van der Waals surface area contributed by atoms with E-state index in [2.05, 4.69) is 0 Å². The Balaban J connectivity index is 4.00. The topological polar surface area (TPSA) is 3.24 Å². The highest BCUT2D eigenvalue weighted by Gasteiger charge is 2.00. The average molecular weight is 195 g/mol. The summed E-state index contributed by atoms with van der Waals surface area (Å²) in [6.07, 6.45) is 0. The molecule has 48 valence electrons. The van der Waals surface area contributed by atoms with Crippen LogP contribution in [0.25, 0.3) is 0 Å². The van der Waals surface area contributed by atoms with E-state index in [0.29, 0.717) is 0 Å². The summed E-state index contributed by atoms with van der Waals surface area (Å²) in [5.41, 5.74) is 0. The molecule has 0 aromatic rings. The van der Waals surface area contributed by atoms with Crippen LogP contribution in [0.3, 0.4) is 0 Å². The molecule has 0 spiro atoms. The summed E-state index contributed by atoms with van der Waals surface area (Å²) in [4.78, 5) is 0. The first kappa shape index (κ1) is 8.70. The summed E-state index contributed by atoms with van der Waals surface area (Å²) in [7, 11) is 1.52. The zero-order valence-corrected chi connectivity index (χ0v) is 6.98. The van der Waals surface area contributed by atoms with E-state index in [1.807, 2.05) is 0 Å². The third-order valence-corrected chi connectivity index (χ3v) is 1.68. The molecule has 0 amide bonds. The fourth-order valence-electron chi connectivity index (χ4n) is 0.116. The van der Waals surface area contributed by atoms with Gasteiger partial charge in [0, 0.05) is 18.8 Å². The molecule has 0 saturated carbocycles. The van der Waals surface area contributed by atoms with Gasteiger partial charge in [0.05, 0.1) is 0 Å². The normalized spacial score (nSPS) is 8.62. The van der Waals surface area contributed by atoms with Crippen molar-refractivity contribution in [1.29, 1.82) is 0 Å². The smallest absolute Gasteiger partial charge is 0.149 e. The number of halogens is 4. The average Bonchev–Trinajstić information content (AvgIpc) is 1.64. The van der Waals surface area contributed by atoms with Crippen LogP contribution in [0, 0.1) is 0 Å². The van der Waals surface area contributed by atoms with Gasteiger partial charge in [-0.1, -0.05) is 34.8 Å². The molecule has 0 aliphatic carbocycles. The Kier molecular flexibility index (Phi) is 4.00. The van der Waals surface area contributed by atoms with Gasteiger partial charge in [-0.15, -0.1) is 0 Å². The maximum Gasteiger partial charge on any atom is 0.149 e. The zero-order chi connectivity index (χ0) is 6.73. The highest BCUT2D eigenvalue weighted by atomic mass is 35.5. The largest absolute Gasteiger partial charge is 0.276 e. The van der Waals surface area contributed by atoms with Gasteiger partial charge in [0.25, 0.3) is 0 Å². The fraction of sp³-hybridized carbons (Fsp3) is 0.333. The van der Waals surface area contributed by atoms with Crippen molar-refractivity contribution in [2.24, 2.45) is 0 Å². The van der Waals surface area contributed by atoms with Crippen LogP contribution in [0.1, 0.15) is 0 Å². The van der Waals surface area contributed by atoms with Crippen molar-refractivity contribution in [3.63, 3.8) is 0 Å². The predicted molar refractivity (Wildman–Crippen MR) is 38.2 cm³/mol. The van der Waals surface area contributed by atoms with Crippen molar-refractivity contribution in [1.82, 2.24) is 4.42 Å². The molecular formula is C3H3Cl4N. The van der Waals surface area contributed by atoms with E-state index in [0.717, 1.165) is 4.42 Å². The molecule has 0 aromatic heterocycles. The lowest BCUT2D eigenvalue weighted by molar-refractivity contribution is 0.730. The second-order valence-electron chi connectivity index (χ2n) is 1.03. The highest BCUT2D eigenvalue weighted by Crippen LogP contribution is 2.21. The van der Waals surface area contributed by atoms with Crippen LogP contribution in [0.2, 0.25) is 0 Å². The van der Waals surface area contributed by atoms with Crippen molar-refractivity contribution < 1.29 is 0 Å². The number of nitrogens with zero attached hydrogens (tertiary/aromatic N) is 1. The van der Waals surface area contributed by atoms with Crippen LogP contribution in [0.15, 0.2) is 9.65 Å². The second-order valence-corrected chi connectivity index (χ2v) is 2.84. The SMILES string of the molecule is CN(Cl)C(Cl)=C(Cl)Cl. The molecule has 0 rings (SSSR count). The minimum atomic E-state index is -0.0378. The van der Waals surface area contributed by atoms with Gasteiger partial charge in [0.1, 0.15) is 9.65 Å². The summed E-state index contributed by atoms with van der Waals surface area (Å²) in [6, 6.07) is 0. The van der Waals surface area contributed by atoms with Crippen molar-refractivity contribution in [2.75, 3.05) is 7.05 Å². The second kappa shape index (κ2) is 3.67. The third-order valence-electron chi connectivity index (χ3n) is 0.426. The molecule has 0 N–H and O–H groups in total. The number of hydrogen-bond acceptors (Lipinski definition) is 1. The molecule has 0 aliphatic heterocycles. The Hall–Kier alpha value is 0.700. The van der Waals surface area contributed by atoms with E-state index in [1.165, 1.54) is 7.05 Å². The molecule has 0 aromatic carbocycles. The number of rotatable bonds is 1. The maximum atomic E-state index is 5.36. The molecule has 0 atom stereocenters. The first-order chi connectivity index (χ1) is 3.55. The first-order valence-corrected chi connectivity index (χ1v) is 3.13. The fourth-order valence-corrected chi connectivity index (χ4v) is 0.541. The van der Waals surface area contributed by atoms with Gasteiger partial charge in [0.2, 0.25) is 0 Å². The maximum absolute atomic E-state index is 5.36. The Morgan fingerprint density at radius 1 is 1.25 bits per heavy atom. The summed E-state index contributed by atoms with van der Waals surface area (Å²) >= 11 is 21.1. The Bertz CT molecular complexity index is 104. The van der Waals surface area contributed by atoms with Crippen molar-refractivity contribution >= 4 is 46.6 Å². The van der Waals surface area contributed by atoms with Gasteiger partial charge in [-0.3, -0.25) is 4.42 Å². The van der Waals surface area contributed by atoms with Gasteiger partial charge in [0.15, 0.2) is 0 Å². The van der Waals surface area contributed by atoms with E-state index in [-0.39, 0.29) is 9.65 Å². The van der Waals surface area contributed by atoms with Gasteiger partial charge >= 0.3 is 0 Å². The van der Waals surface area contributed by atoms with E-state index >= 15 is 0 Å². The standard InChI is InChI=1S/C3H3Cl4N/c1-8(7)3(6)2(4)5/h1H3. The summed E-state index contributed by atoms with van der Waals surface area (Å²) < 4.78 is 1.06. The molecule has 1 nitrogen and oxygen atoms in total. The minimum Gasteiger partial charge on any atom is -0.276 e. The Morgan fingerprint density at radius 3 is 1.62 bits per heavy atom. The van der Waals surface area contributed by atoms with Gasteiger partial charge in [-0.25, -0.2) is 0 Å². The van der Waals surface area contributed by atoms with Gasteiger partial charge in [-0.05, 0) is 0 Å². The van der Waals surface area contributed by atoms with Crippen LogP contribution < -0.4 is 0 Å². The van der Waals surface area contributed by atoms with E-state index in [1.54, 1.807) is 0 Å². The van der Waals surface area contributed by atoms with Crippen molar-refractivity contribution in [3.8, 4) is 0 Å². The zero-order valence-electron chi connectivity index (χ0n) is 3.96. The van der Waals surface area contributed by atoms with Crippen molar-refractivity contribution in [3.05, 3.63) is 9.65 Å². The van der Waals surface area contributed by atoms with E-state index < -0.39 is 0 Å².